The largest absolute Gasteiger partial charge is 0.486 e. The van der Waals surface area contributed by atoms with Crippen molar-refractivity contribution in [1.82, 2.24) is 5.32 Å². The normalized spacial score (nSPS) is 15.0. The van der Waals surface area contributed by atoms with E-state index in [0.717, 1.165) is 27.8 Å². The molecule has 1 aliphatic rings. The molecule has 1 aromatic heterocycles. The Morgan fingerprint density at radius 3 is 2.52 bits per heavy atom. The molecule has 0 spiro atoms. The predicted octanol–water partition coefficient (Wildman–Crippen LogP) is 4.53. The number of fused-ring (bicyclic) bond motifs is 1. The molecular weight excluding hydrogens is 329 g/mol. The van der Waals surface area contributed by atoms with Gasteiger partial charge in [0.15, 0.2) is 11.5 Å². The minimum Gasteiger partial charge on any atom is -0.486 e. The van der Waals surface area contributed by atoms with Gasteiger partial charge in [0, 0.05) is 16.0 Å². The molecule has 0 fully saturated rings. The van der Waals surface area contributed by atoms with E-state index in [2.05, 4.69) is 12.2 Å². The Hall–Kier alpha value is -0.940. The first-order chi connectivity index (χ1) is 10.2. The summed E-state index contributed by atoms with van der Waals surface area (Å²) in [6.07, 6.45) is 0. The van der Waals surface area contributed by atoms with Crippen molar-refractivity contribution in [2.24, 2.45) is 0 Å². The minimum absolute atomic E-state index is 0.0502. The van der Waals surface area contributed by atoms with E-state index in [0.29, 0.717) is 24.0 Å². The summed E-state index contributed by atoms with van der Waals surface area (Å²) in [4.78, 5) is 1.05. The molecule has 1 N–H and O–H groups in total. The Morgan fingerprint density at radius 1 is 1.19 bits per heavy atom. The maximum absolute atomic E-state index is 6.45. The predicted molar refractivity (Wildman–Crippen MR) is 87.3 cm³/mol. The summed E-state index contributed by atoms with van der Waals surface area (Å²) < 4.78 is 11.2. The highest BCUT2D eigenvalue weighted by molar-refractivity contribution is 7.10. The molecule has 0 bridgehead atoms. The molecule has 2 aromatic rings. The van der Waals surface area contributed by atoms with E-state index >= 15 is 0 Å². The molecule has 0 amide bonds. The third kappa shape index (κ3) is 2.99. The van der Waals surface area contributed by atoms with Crippen molar-refractivity contribution < 1.29 is 9.47 Å². The van der Waals surface area contributed by atoms with E-state index in [-0.39, 0.29) is 6.04 Å². The molecule has 1 aromatic carbocycles. The van der Waals surface area contributed by atoms with Gasteiger partial charge in [-0.25, -0.2) is 0 Å². The zero-order valence-electron chi connectivity index (χ0n) is 11.5. The van der Waals surface area contributed by atoms with E-state index < -0.39 is 0 Å². The van der Waals surface area contributed by atoms with Gasteiger partial charge in [-0.1, -0.05) is 30.1 Å². The summed E-state index contributed by atoms with van der Waals surface area (Å²) >= 11 is 14.3. The lowest BCUT2D eigenvalue weighted by atomic mass is 10.0. The van der Waals surface area contributed by atoms with Crippen molar-refractivity contribution in [3.63, 3.8) is 0 Å². The van der Waals surface area contributed by atoms with Crippen LogP contribution in [0.5, 0.6) is 11.5 Å². The van der Waals surface area contributed by atoms with Crippen molar-refractivity contribution in [2.45, 2.75) is 13.0 Å². The number of ether oxygens (including phenoxy) is 2. The van der Waals surface area contributed by atoms with Gasteiger partial charge in [0.05, 0.1) is 11.1 Å². The van der Waals surface area contributed by atoms with Crippen LogP contribution in [0.1, 0.15) is 23.4 Å². The minimum atomic E-state index is -0.0502. The summed E-state index contributed by atoms with van der Waals surface area (Å²) in [6, 6.07) is 5.61. The lowest BCUT2D eigenvalue weighted by molar-refractivity contribution is 0.171. The van der Waals surface area contributed by atoms with Crippen LogP contribution in [-0.2, 0) is 0 Å². The molecule has 0 aliphatic carbocycles. The molecule has 0 saturated heterocycles. The number of nitrogens with one attached hydrogen (secondary N) is 1. The average molecular weight is 344 g/mol. The van der Waals surface area contributed by atoms with Crippen LogP contribution < -0.4 is 14.8 Å². The monoisotopic (exact) mass is 343 g/mol. The highest BCUT2D eigenvalue weighted by Crippen LogP contribution is 2.41. The van der Waals surface area contributed by atoms with Crippen LogP contribution in [0.3, 0.4) is 0 Å². The second-order valence-electron chi connectivity index (χ2n) is 4.64. The highest BCUT2D eigenvalue weighted by Gasteiger charge is 2.23. The zero-order chi connectivity index (χ0) is 14.8. The Balaban J connectivity index is 2.05. The molecule has 21 heavy (non-hydrogen) atoms. The molecule has 1 unspecified atom stereocenters. The molecule has 6 heteroatoms. The lowest BCUT2D eigenvalue weighted by Crippen LogP contribution is -2.22. The van der Waals surface area contributed by atoms with Gasteiger partial charge in [0.2, 0.25) is 0 Å². The summed E-state index contributed by atoms with van der Waals surface area (Å²) in [5.41, 5.74) is 0.951. The van der Waals surface area contributed by atoms with Crippen LogP contribution in [0.2, 0.25) is 10.0 Å². The molecule has 0 saturated carbocycles. The Bertz CT molecular complexity index is 645. The van der Waals surface area contributed by atoms with Gasteiger partial charge in [0.1, 0.15) is 13.2 Å². The maximum Gasteiger partial charge on any atom is 0.162 e. The second kappa shape index (κ2) is 6.44. The van der Waals surface area contributed by atoms with Gasteiger partial charge in [-0.3, -0.25) is 0 Å². The van der Waals surface area contributed by atoms with Crippen LogP contribution in [0.4, 0.5) is 0 Å². The third-order valence-corrected chi connectivity index (χ3v) is 5.04. The smallest absolute Gasteiger partial charge is 0.162 e. The summed E-state index contributed by atoms with van der Waals surface area (Å²) in [7, 11) is 0. The molecule has 112 valence electrons. The lowest BCUT2D eigenvalue weighted by Gasteiger charge is -2.23. The van der Waals surface area contributed by atoms with Crippen molar-refractivity contribution in [1.29, 1.82) is 0 Å². The Morgan fingerprint density at radius 2 is 1.90 bits per heavy atom. The fraction of sp³-hybridized carbons (Fsp3) is 0.333. The summed E-state index contributed by atoms with van der Waals surface area (Å²) in [5.74, 6) is 1.43. The molecule has 1 aliphatic heterocycles. The van der Waals surface area contributed by atoms with Crippen LogP contribution in [0.15, 0.2) is 23.6 Å². The van der Waals surface area contributed by atoms with Gasteiger partial charge >= 0.3 is 0 Å². The maximum atomic E-state index is 6.45. The average Bonchev–Trinajstić information content (AvgIpc) is 2.90. The topological polar surface area (TPSA) is 30.5 Å². The van der Waals surface area contributed by atoms with Crippen molar-refractivity contribution in [3.8, 4) is 11.5 Å². The first kappa shape index (κ1) is 15.0. The molecule has 3 rings (SSSR count). The first-order valence-electron chi connectivity index (χ1n) is 6.76. The number of halogens is 2. The quantitative estimate of drug-likeness (QED) is 0.884. The van der Waals surface area contributed by atoms with Gasteiger partial charge in [-0.05, 0) is 29.6 Å². The molecular formula is C15H15Cl2NO2S. The highest BCUT2D eigenvalue weighted by atomic mass is 35.5. The van der Waals surface area contributed by atoms with E-state index in [9.17, 15) is 0 Å². The van der Waals surface area contributed by atoms with Gasteiger partial charge < -0.3 is 14.8 Å². The zero-order valence-corrected chi connectivity index (χ0v) is 13.8. The van der Waals surface area contributed by atoms with Crippen molar-refractivity contribution in [3.05, 3.63) is 44.1 Å². The summed E-state index contributed by atoms with van der Waals surface area (Å²) in [6.45, 7) is 3.97. The van der Waals surface area contributed by atoms with E-state index in [1.165, 1.54) is 0 Å². The standard InChI is InChI=1S/C15H15Cl2NO2S/c1-2-18-14(15-10(16)3-6-21-15)9-7-12-13(8-11(9)17)20-5-4-19-12/h3,6-8,14,18H,2,4-5H2,1H3. The molecule has 1 atom stereocenters. The van der Waals surface area contributed by atoms with Crippen LogP contribution in [-0.4, -0.2) is 19.8 Å². The SMILES string of the molecule is CCNC(c1cc2c(cc1Cl)OCCO2)c1sccc1Cl. The number of rotatable bonds is 4. The van der Waals surface area contributed by atoms with Crippen molar-refractivity contribution >= 4 is 34.5 Å². The van der Waals surface area contributed by atoms with Gasteiger partial charge in [-0.15, -0.1) is 11.3 Å². The van der Waals surface area contributed by atoms with E-state index in [4.69, 9.17) is 32.7 Å². The Labute approximate surface area is 137 Å². The van der Waals surface area contributed by atoms with Crippen molar-refractivity contribution in [2.75, 3.05) is 19.8 Å². The number of thiophene rings is 1. The first-order valence-corrected chi connectivity index (χ1v) is 8.39. The van der Waals surface area contributed by atoms with Crippen LogP contribution >= 0.6 is 34.5 Å². The number of hydrogen-bond donors (Lipinski definition) is 1. The Kier molecular flexibility index (Phi) is 4.60. The van der Waals surface area contributed by atoms with Crippen LogP contribution in [0.25, 0.3) is 0 Å². The molecule has 2 heterocycles. The second-order valence-corrected chi connectivity index (χ2v) is 6.40. The number of hydrogen-bond acceptors (Lipinski definition) is 4. The van der Waals surface area contributed by atoms with Crippen LogP contribution in [0, 0.1) is 0 Å². The fourth-order valence-electron chi connectivity index (χ4n) is 2.36. The number of benzene rings is 1. The van der Waals surface area contributed by atoms with Gasteiger partial charge in [-0.2, -0.15) is 0 Å². The molecule has 0 radical (unpaired) electrons. The fourth-order valence-corrected chi connectivity index (χ4v) is 3.88. The van der Waals surface area contributed by atoms with E-state index in [1.807, 2.05) is 23.6 Å². The van der Waals surface area contributed by atoms with E-state index in [1.54, 1.807) is 11.3 Å². The summed E-state index contributed by atoms with van der Waals surface area (Å²) in [5, 5.41) is 6.81. The third-order valence-electron chi connectivity index (χ3n) is 3.29. The molecule has 3 nitrogen and oxygen atoms in total. The van der Waals surface area contributed by atoms with Gasteiger partial charge in [0.25, 0.3) is 0 Å².